The number of hydrogen-bond acceptors (Lipinski definition) is 5. The van der Waals surface area contributed by atoms with Crippen LogP contribution in [0.3, 0.4) is 0 Å². The smallest absolute Gasteiger partial charge is 0.246 e. The fraction of sp³-hybridized carbons (Fsp3) is 0.667. The number of ether oxygens (including phenoxy) is 1. The molecule has 9 heteroatoms. The van der Waals surface area contributed by atoms with Crippen LogP contribution in [0.5, 0.6) is 0 Å². The van der Waals surface area contributed by atoms with Crippen LogP contribution >= 0.6 is 15.9 Å². The van der Waals surface area contributed by atoms with Crippen LogP contribution < -0.4 is 10.6 Å². The van der Waals surface area contributed by atoms with Crippen molar-refractivity contribution in [3.05, 3.63) is 30.3 Å². The van der Waals surface area contributed by atoms with Gasteiger partial charge in [-0.05, 0) is 44.7 Å². The SMILES string of the molecule is CCCC(C)NC(=O)C1N(CCCCCCO)C(=O)[C@@H]2[C@@H](C(=O)Nc3ccccc3)[C@@H]3OC12CC3Br. The van der Waals surface area contributed by atoms with Gasteiger partial charge in [0.25, 0.3) is 0 Å². The topological polar surface area (TPSA) is 108 Å². The van der Waals surface area contributed by atoms with E-state index in [2.05, 4.69) is 33.5 Å². The number of benzene rings is 1. The summed E-state index contributed by atoms with van der Waals surface area (Å²) in [4.78, 5) is 42.7. The van der Waals surface area contributed by atoms with Gasteiger partial charge in [0, 0.05) is 29.7 Å². The number of alkyl halides is 1. The number of carbonyl (C=O) groups is 3. The molecule has 0 saturated carbocycles. The number of anilines is 1. The van der Waals surface area contributed by atoms with Crippen LogP contribution in [-0.2, 0) is 19.1 Å². The second kappa shape index (κ2) is 11.6. The van der Waals surface area contributed by atoms with Gasteiger partial charge >= 0.3 is 0 Å². The molecule has 3 heterocycles. The molecule has 3 fully saturated rings. The molecule has 7 atom stereocenters. The maximum absolute atomic E-state index is 13.9. The predicted octanol–water partition coefficient (Wildman–Crippen LogP) is 3.23. The van der Waals surface area contributed by atoms with E-state index in [1.807, 2.05) is 37.3 Å². The first-order valence-corrected chi connectivity index (χ1v) is 14.1. The number of hydrogen-bond donors (Lipinski definition) is 3. The highest BCUT2D eigenvalue weighted by atomic mass is 79.9. The summed E-state index contributed by atoms with van der Waals surface area (Å²) in [6.45, 7) is 4.62. The van der Waals surface area contributed by atoms with Gasteiger partial charge in [-0.15, -0.1) is 0 Å². The summed E-state index contributed by atoms with van der Waals surface area (Å²) in [6, 6.07) is 8.41. The Morgan fingerprint density at radius 2 is 1.92 bits per heavy atom. The number of amides is 3. The number of halogens is 1. The molecule has 2 bridgehead atoms. The third-order valence-electron chi connectivity index (χ3n) is 7.80. The summed E-state index contributed by atoms with van der Waals surface area (Å²) in [5, 5.41) is 15.1. The average Bonchev–Trinajstić information content (AvgIpc) is 3.43. The van der Waals surface area contributed by atoms with Gasteiger partial charge in [0.15, 0.2) is 0 Å². The second-order valence-corrected chi connectivity index (χ2v) is 11.6. The molecular formula is C27H38BrN3O5. The average molecular weight is 565 g/mol. The standard InChI is InChI=1S/C27H38BrN3O5/c1-3-11-17(2)29-25(34)23-27-16-19(28)22(36-27)20(24(33)30-18-12-7-6-8-13-18)21(27)26(35)31(23)14-9-4-5-10-15-32/h6-8,12-13,17,19-23,32H,3-5,9-11,14-16H2,1-2H3,(H,29,34)(H,30,33)/t17?,19?,20-,21+,22-,23?,27?/m1/s1. The van der Waals surface area contributed by atoms with Crippen LogP contribution in [0.15, 0.2) is 30.3 Å². The van der Waals surface area contributed by atoms with Gasteiger partial charge in [0.1, 0.15) is 11.6 Å². The Bertz CT molecular complexity index is 947. The van der Waals surface area contributed by atoms with Gasteiger partial charge in [0.2, 0.25) is 17.7 Å². The second-order valence-electron chi connectivity index (χ2n) is 10.4. The Kier molecular flexibility index (Phi) is 8.73. The summed E-state index contributed by atoms with van der Waals surface area (Å²) < 4.78 is 6.52. The molecule has 0 radical (unpaired) electrons. The lowest BCUT2D eigenvalue weighted by Gasteiger charge is -2.34. The summed E-state index contributed by atoms with van der Waals surface area (Å²) >= 11 is 3.70. The van der Waals surface area contributed by atoms with E-state index in [4.69, 9.17) is 9.84 Å². The summed E-state index contributed by atoms with van der Waals surface area (Å²) in [6.07, 6.45) is 4.98. The number of nitrogens with zero attached hydrogens (tertiary/aromatic N) is 1. The van der Waals surface area contributed by atoms with Crippen molar-refractivity contribution >= 4 is 39.3 Å². The molecule has 4 rings (SSSR count). The molecule has 3 aliphatic rings. The van der Waals surface area contributed by atoms with E-state index in [1.54, 1.807) is 4.90 Å². The van der Waals surface area contributed by atoms with E-state index >= 15 is 0 Å². The molecule has 0 aliphatic carbocycles. The number of unbranched alkanes of at least 4 members (excludes halogenated alkanes) is 3. The van der Waals surface area contributed by atoms with Crippen molar-refractivity contribution < 1.29 is 24.2 Å². The number of likely N-dealkylation sites (tertiary alicyclic amines) is 1. The van der Waals surface area contributed by atoms with Crippen molar-refractivity contribution in [1.29, 1.82) is 0 Å². The molecule has 8 nitrogen and oxygen atoms in total. The fourth-order valence-corrected chi connectivity index (χ4v) is 7.23. The first-order chi connectivity index (χ1) is 17.3. The van der Waals surface area contributed by atoms with Gasteiger partial charge in [-0.2, -0.15) is 0 Å². The summed E-state index contributed by atoms with van der Waals surface area (Å²) in [7, 11) is 0. The molecular weight excluding hydrogens is 526 g/mol. The highest BCUT2D eigenvalue weighted by Gasteiger charge is 2.76. The van der Waals surface area contributed by atoms with E-state index in [0.717, 1.165) is 38.5 Å². The van der Waals surface area contributed by atoms with Crippen molar-refractivity contribution in [3.8, 4) is 0 Å². The molecule has 3 saturated heterocycles. The number of aliphatic hydroxyl groups excluding tert-OH is 1. The molecule has 0 aromatic heterocycles. The third kappa shape index (κ3) is 5.07. The fourth-order valence-electron chi connectivity index (χ4n) is 6.29. The van der Waals surface area contributed by atoms with Crippen LogP contribution in [0.4, 0.5) is 5.69 Å². The number of fused-ring (bicyclic) bond motifs is 1. The lowest BCUT2D eigenvalue weighted by Crippen LogP contribution is -2.57. The van der Waals surface area contributed by atoms with E-state index in [0.29, 0.717) is 18.7 Å². The maximum atomic E-state index is 13.9. The number of nitrogens with one attached hydrogen (secondary N) is 2. The number of carbonyl (C=O) groups excluding carboxylic acids is 3. The lowest BCUT2D eigenvalue weighted by atomic mass is 9.70. The minimum Gasteiger partial charge on any atom is -0.396 e. The minimum absolute atomic E-state index is 0.0185. The van der Waals surface area contributed by atoms with Gasteiger partial charge in [-0.25, -0.2) is 0 Å². The van der Waals surface area contributed by atoms with Gasteiger partial charge in [-0.1, -0.05) is 60.3 Å². The molecule has 1 aromatic carbocycles. The van der Waals surface area contributed by atoms with E-state index in [-0.39, 0.29) is 35.2 Å². The Labute approximate surface area is 221 Å². The molecule has 198 valence electrons. The summed E-state index contributed by atoms with van der Waals surface area (Å²) in [5.41, 5.74) is -0.366. The van der Waals surface area contributed by atoms with E-state index in [1.165, 1.54) is 0 Å². The molecule has 3 amide bonds. The normalized spacial score (nSPS) is 31.4. The zero-order valence-corrected chi connectivity index (χ0v) is 22.7. The highest BCUT2D eigenvalue weighted by Crippen LogP contribution is 2.60. The highest BCUT2D eigenvalue weighted by molar-refractivity contribution is 9.09. The molecule has 3 N–H and O–H groups in total. The van der Waals surface area contributed by atoms with Crippen LogP contribution in [-0.4, -0.2) is 69.5 Å². The van der Waals surface area contributed by atoms with E-state index in [9.17, 15) is 14.4 Å². The molecule has 4 unspecified atom stereocenters. The van der Waals surface area contributed by atoms with Crippen molar-refractivity contribution in [2.45, 2.75) is 87.4 Å². The van der Waals surface area contributed by atoms with Crippen LogP contribution in [0.1, 0.15) is 58.8 Å². The van der Waals surface area contributed by atoms with Gasteiger partial charge in [0.05, 0.1) is 17.9 Å². The predicted molar refractivity (Wildman–Crippen MR) is 141 cm³/mol. The third-order valence-corrected chi connectivity index (χ3v) is 8.64. The van der Waals surface area contributed by atoms with Crippen molar-refractivity contribution in [1.82, 2.24) is 10.2 Å². The first kappa shape index (κ1) is 27.1. The Hall–Kier alpha value is -1.97. The molecule has 36 heavy (non-hydrogen) atoms. The quantitative estimate of drug-likeness (QED) is 0.267. The molecule has 1 spiro atoms. The minimum atomic E-state index is -1.03. The molecule has 1 aromatic rings. The van der Waals surface area contributed by atoms with Crippen LogP contribution in [0.2, 0.25) is 0 Å². The Morgan fingerprint density at radius 3 is 2.61 bits per heavy atom. The summed E-state index contributed by atoms with van der Waals surface area (Å²) in [5.74, 6) is -2.01. The monoisotopic (exact) mass is 563 g/mol. The number of rotatable bonds is 12. The van der Waals surface area contributed by atoms with Crippen LogP contribution in [0.25, 0.3) is 0 Å². The Balaban J connectivity index is 1.61. The van der Waals surface area contributed by atoms with Gasteiger partial charge < -0.3 is 25.4 Å². The lowest BCUT2D eigenvalue weighted by molar-refractivity contribution is -0.141. The largest absolute Gasteiger partial charge is 0.396 e. The Morgan fingerprint density at radius 1 is 1.19 bits per heavy atom. The van der Waals surface area contributed by atoms with E-state index < -0.39 is 29.6 Å². The maximum Gasteiger partial charge on any atom is 0.246 e. The van der Waals surface area contributed by atoms with Crippen molar-refractivity contribution in [2.24, 2.45) is 11.8 Å². The van der Waals surface area contributed by atoms with Gasteiger partial charge in [-0.3, -0.25) is 14.4 Å². The molecule has 3 aliphatic heterocycles. The first-order valence-electron chi connectivity index (χ1n) is 13.2. The van der Waals surface area contributed by atoms with Crippen molar-refractivity contribution in [2.75, 3.05) is 18.5 Å². The number of para-hydroxylation sites is 1. The number of aliphatic hydroxyl groups is 1. The zero-order valence-electron chi connectivity index (χ0n) is 21.1. The van der Waals surface area contributed by atoms with Crippen molar-refractivity contribution in [3.63, 3.8) is 0 Å². The van der Waals surface area contributed by atoms with Crippen LogP contribution in [0, 0.1) is 11.8 Å². The zero-order chi connectivity index (χ0) is 25.9.